The normalized spacial score (nSPS) is 30.0. The summed E-state index contributed by atoms with van der Waals surface area (Å²) in [7, 11) is 3.24. The maximum atomic E-state index is 15.0. The van der Waals surface area contributed by atoms with Crippen LogP contribution in [0.1, 0.15) is 129 Å². The number of fused-ring (bicyclic) bond motifs is 8. The molecule has 4 aromatic carbocycles. The van der Waals surface area contributed by atoms with Crippen LogP contribution in [0.25, 0.3) is 11.1 Å². The Kier molecular flexibility index (Phi) is 12.2. The highest BCUT2D eigenvalue weighted by Gasteiger charge is 2.59. The van der Waals surface area contributed by atoms with Gasteiger partial charge in [-0.05, 0) is 165 Å². The number of ether oxygens (including phenoxy) is 2. The van der Waals surface area contributed by atoms with Crippen LogP contribution in [0.3, 0.4) is 0 Å². The van der Waals surface area contributed by atoms with Gasteiger partial charge in [0.15, 0.2) is 17.3 Å². The smallest absolute Gasteiger partial charge is 0.227 e. The molecule has 7 aliphatic carbocycles. The molecule has 332 valence electrons. The number of nitrogens with zero attached hydrogens (tertiary/aromatic N) is 1. The van der Waals surface area contributed by atoms with Crippen molar-refractivity contribution in [2.45, 2.75) is 121 Å². The number of hydrogen-bond acceptors (Lipinski definition) is 6. The van der Waals surface area contributed by atoms with Gasteiger partial charge in [-0.25, -0.2) is 0 Å². The maximum absolute atomic E-state index is 15.0. The van der Waals surface area contributed by atoms with Gasteiger partial charge in [-0.1, -0.05) is 91.4 Å². The Hall–Kier alpha value is -4.72. The van der Waals surface area contributed by atoms with E-state index in [9.17, 15) is 15.0 Å². The molecule has 0 aromatic heterocycles. The number of rotatable bonds is 11. The molecule has 0 radical (unpaired) electrons. The summed E-state index contributed by atoms with van der Waals surface area (Å²) < 4.78 is 11.2. The molecule has 4 atom stereocenters. The second-order valence-corrected chi connectivity index (χ2v) is 20.8. The number of allylic oxidation sites excluding steroid dienone is 2. The first kappa shape index (κ1) is 43.5. The van der Waals surface area contributed by atoms with Gasteiger partial charge >= 0.3 is 0 Å². The van der Waals surface area contributed by atoms with Gasteiger partial charge in [-0.2, -0.15) is 0 Å². The molecule has 1 amide bonds. The zero-order valence-corrected chi connectivity index (χ0v) is 37.9. The standard InChI is InChI=1S/C56H67NO6/c1-37-9-8-23-54(2)49(47-20-13-38(28-46(58)19-12-37)29-48(47)53(60)45-17-15-44(16-18-45)43-10-6-5-7-11-43)22-24-56(54,61)36-57(35-55-32-40-25-41(33-55)27-42(26-40)34-55)52(59)31-39-14-21-50(62-3)51(30-39)63-4/h5-7,9-11,13-18,20-21,29-30,40-42,46,49,58,61H,8,12,19,22-28,31-36H2,1-4H3. The summed E-state index contributed by atoms with van der Waals surface area (Å²) >= 11 is 0. The number of carbonyl (C=O) groups is 2. The van der Waals surface area contributed by atoms with E-state index in [-0.39, 0.29) is 36.0 Å². The first-order valence-electron chi connectivity index (χ1n) is 23.7. The number of hydrogen-bond donors (Lipinski definition) is 2. The average Bonchev–Trinajstić information content (AvgIpc) is 3.52. The number of benzene rings is 4. The molecular weight excluding hydrogens is 783 g/mol. The lowest BCUT2D eigenvalue weighted by atomic mass is 9.49. The van der Waals surface area contributed by atoms with Crippen molar-refractivity contribution in [2.24, 2.45) is 28.6 Å². The second-order valence-electron chi connectivity index (χ2n) is 20.8. The lowest BCUT2D eigenvalue weighted by Crippen LogP contribution is -2.58. The summed E-state index contributed by atoms with van der Waals surface area (Å²) in [5.74, 6) is 3.29. The van der Waals surface area contributed by atoms with E-state index in [1.807, 2.05) is 66.7 Å². The molecule has 0 aliphatic heterocycles. The predicted molar refractivity (Wildman–Crippen MR) is 249 cm³/mol. The fraction of sp³-hybridized carbons (Fsp3) is 0.500. The Morgan fingerprint density at radius 3 is 2.14 bits per heavy atom. The third-order valence-electron chi connectivity index (χ3n) is 16.5. The Labute approximate surface area is 374 Å². The first-order valence-corrected chi connectivity index (χ1v) is 23.7. The van der Waals surface area contributed by atoms with Crippen LogP contribution in [0.5, 0.6) is 11.5 Å². The molecule has 4 unspecified atom stereocenters. The Bertz CT molecular complexity index is 2300. The minimum absolute atomic E-state index is 0.0350. The van der Waals surface area contributed by atoms with Gasteiger partial charge in [-0.3, -0.25) is 9.59 Å². The molecule has 0 saturated heterocycles. The molecule has 2 N–H and O–H groups in total. The number of aliphatic hydroxyl groups is 2. The summed E-state index contributed by atoms with van der Waals surface area (Å²) in [6.07, 6.45) is 14.0. The number of ketones is 1. The molecule has 4 aromatic rings. The van der Waals surface area contributed by atoms with Gasteiger partial charge in [0.05, 0.1) is 32.3 Å². The SMILES string of the molecule is COc1ccc(CC(=O)N(CC23CC4CC(CC(C4)C2)C3)CC2(O)CCC3c4ccc(cc4C(=O)c4ccc(-c5ccccc5)cc4)CC(O)CCC(C)=CCCC32C)cc1OC. The van der Waals surface area contributed by atoms with Crippen LogP contribution in [0.4, 0.5) is 0 Å². The van der Waals surface area contributed by atoms with Gasteiger partial charge in [0.2, 0.25) is 5.91 Å². The highest BCUT2D eigenvalue weighted by molar-refractivity contribution is 6.10. The summed E-state index contributed by atoms with van der Waals surface area (Å²) in [4.78, 5) is 32.0. The third-order valence-corrected chi connectivity index (χ3v) is 16.5. The number of methoxy groups -OCH3 is 2. The van der Waals surface area contributed by atoms with Gasteiger partial charge in [0.25, 0.3) is 0 Å². The van der Waals surface area contributed by atoms with Crippen molar-refractivity contribution in [3.63, 3.8) is 0 Å². The average molecular weight is 850 g/mol. The second kappa shape index (κ2) is 17.7. The molecule has 5 saturated carbocycles. The molecule has 5 fully saturated rings. The summed E-state index contributed by atoms with van der Waals surface area (Å²) in [6.45, 7) is 5.31. The number of carbonyl (C=O) groups excluding carboxylic acids is 2. The highest BCUT2D eigenvalue weighted by Crippen LogP contribution is 2.62. The number of amides is 1. The molecule has 0 spiro atoms. The van der Waals surface area contributed by atoms with Crippen molar-refractivity contribution >= 4 is 11.7 Å². The van der Waals surface area contributed by atoms with Crippen molar-refractivity contribution in [2.75, 3.05) is 27.3 Å². The molecule has 7 heteroatoms. The van der Waals surface area contributed by atoms with Crippen molar-refractivity contribution in [3.05, 3.63) is 130 Å². The van der Waals surface area contributed by atoms with Gasteiger partial charge < -0.3 is 24.6 Å². The van der Waals surface area contributed by atoms with Crippen LogP contribution in [0.2, 0.25) is 0 Å². The Morgan fingerprint density at radius 2 is 1.46 bits per heavy atom. The molecule has 63 heavy (non-hydrogen) atoms. The van der Waals surface area contributed by atoms with E-state index >= 15 is 4.79 Å². The van der Waals surface area contributed by atoms with E-state index in [4.69, 9.17) is 9.47 Å². The molecule has 6 bridgehead atoms. The van der Waals surface area contributed by atoms with Crippen LogP contribution in [0.15, 0.2) is 103 Å². The Morgan fingerprint density at radius 1 is 0.778 bits per heavy atom. The Balaban J connectivity index is 1.09. The van der Waals surface area contributed by atoms with E-state index in [1.54, 1.807) is 14.2 Å². The van der Waals surface area contributed by atoms with Crippen molar-refractivity contribution < 1.29 is 29.3 Å². The van der Waals surface area contributed by atoms with Crippen LogP contribution in [-0.4, -0.2) is 65.8 Å². The summed E-state index contributed by atoms with van der Waals surface area (Å²) in [5, 5.41) is 24.8. The van der Waals surface area contributed by atoms with E-state index in [0.717, 1.165) is 58.4 Å². The van der Waals surface area contributed by atoms with Gasteiger partial charge in [0.1, 0.15) is 0 Å². The fourth-order valence-electron chi connectivity index (χ4n) is 13.5. The summed E-state index contributed by atoms with van der Waals surface area (Å²) in [6, 6.07) is 30.0. The maximum Gasteiger partial charge on any atom is 0.227 e. The van der Waals surface area contributed by atoms with Crippen LogP contribution in [-0.2, 0) is 17.6 Å². The van der Waals surface area contributed by atoms with Crippen LogP contribution < -0.4 is 9.47 Å². The van der Waals surface area contributed by atoms with E-state index in [0.29, 0.717) is 61.3 Å². The van der Waals surface area contributed by atoms with Crippen molar-refractivity contribution in [3.8, 4) is 22.6 Å². The predicted octanol–water partition coefficient (Wildman–Crippen LogP) is 10.9. The molecular formula is C56H67NO6. The van der Waals surface area contributed by atoms with Crippen LogP contribution >= 0.6 is 0 Å². The largest absolute Gasteiger partial charge is 0.493 e. The molecule has 7 nitrogen and oxygen atoms in total. The molecule has 0 heterocycles. The topological polar surface area (TPSA) is 96.3 Å². The minimum Gasteiger partial charge on any atom is -0.493 e. The zero-order chi connectivity index (χ0) is 43.9. The monoisotopic (exact) mass is 849 g/mol. The van der Waals surface area contributed by atoms with Crippen LogP contribution in [0, 0.1) is 28.6 Å². The quantitative estimate of drug-likeness (QED) is 0.115. The molecule has 11 rings (SSSR count). The van der Waals surface area contributed by atoms with E-state index < -0.39 is 17.1 Å². The number of aliphatic hydroxyl groups excluding tert-OH is 1. The highest BCUT2D eigenvalue weighted by atomic mass is 16.5. The van der Waals surface area contributed by atoms with Gasteiger partial charge in [-0.15, -0.1) is 0 Å². The lowest BCUT2D eigenvalue weighted by Gasteiger charge is -2.58. The summed E-state index contributed by atoms with van der Waals surface area (Å²) in [5.41, 5.74) is 5.60. The third kappa shape index (κ3) is 8.77. The zero-order valence-electron chi connectivity index (χ0n) is 37.9. The minimum atomic E-state index is -1.21. The van der Waals surface area contributed by atoms with Gasteiger partial charge in [0, 0.05) is 29.6 Å². The van der Waals surface area contributed by atoms with Crippen molar-refractivity contribution in [1.82, 2.24) is 4.90 Å². The first-order chi connectivity index (χ1) is 30.4. The lowest BCUT2D eigenvalue weighted by molar-refractivity contribution is -0.148. The van der Waals surface area contributed by atoms with E-state index in [1.165, 1.54) is 44.1 Å². The molecule has 7 aliphatic rings. The fourth-order valence-corrected chi connectivity index (χ4v) is 13.5. The van der Waals surface area contributed by atoms with E-state index in [2.05, 4.69) is 49.1 Å². The van der Waals surface area contributed by atoms with Crippen molar-refractivity contribution in [1.29, 1.82) is 0 Å².